The molecule has 6 N–H and O–H groups in total. The van der Waals surface area contributed by atoms with Crippen molar-refractivity contribution < 1.29 is 5.11 Å². The van der Waals surface area contributed by atoms with Crippen LogP contribution in [0.3, 0.4) is 0 Å². The second-order valence-corrected chi connectivity index (χ2v) is 6.64. The van der Waals surface area contributed by atoms with Crippen LogP contribution in [0.5, 0.6) is 0 Å². The molecule has 7 heteroatoms. The third-order valence-electron chi connectivity index (χ3n) is 4.30. The predicted octanol–water partition coefficient (Wildman–Crippen LogP) is 1.76. The molecule has 0 amide bonds. The number of amidine groups is 1. The van der Waals surface area contributed by atoms with Gasteiger partial charge in [0.1, 0.15) is 5.84 Å². The van der Waals surface area contributed by atoms with Gasteiger partial charge in [0, 0.05) is 34.1 Å². The Kier molecular flexibility index (Phi) is 4.25. The van der Waals surface area contributed by atoms with E-state index in [9.17, 15) is 5.11 Å². The SMILES string of the molecule is CNCC1C=C(Cl)C=C(C2(O)C(N)=Nc3ccc(Cl)cc32)C1N. The molecule has 1 aromatic rings. The van der Waals surface area contributed by atoms with Crippen molar-refractivity contribution >= 4 is 34.7 Å². The molecule has 122 valence electrons. The van der Waals surface area contributed by atoms with Gasteiger partial charge in [-0.15, -0.1) is 0 Å². The first kappa shape index (κ1) is 16.5. The Morgan fingerprint density at radius 2 is 2.13 bits per heavy atom. The molecule has 3 atom stereocenters. The van der Waals surface area contributed by atoms with Crippen molar-refractivity contribution in [2.75, 3.05) is 13.6 Å². The van der Waals surface area contributed by atoms with Crippen LogP contribution < -0.4 is 16.8 Å². The molecular weight excluding hydrogens is 335 g/mol. The molecule has 0 bridgehead atoms. The Labute approximate surface area is 144 Å². The van der Waals surface area contributed by atoms with Crippen LogP contribution in [0.15, 0.2) is 45.9 Å². The molecule has 0 aromatic heterocycles. The highest BCUT2D eigenvalue weighted by Gasteiger charge is 2.47. The number of aliphatic hydroxyl groups is 1. The molecule has 3 rings (SSSR count). The Morgan fingerprint density at radius 3 is 2.83 bits per heavy atom. The molecule has 0 saturated carbocycles. The number of allylic oxidation sites excluding steroid dienone is 2. The average Bonchev–Trinajstić information content (AvgIpc) is 2.75. The van der Waals surface area contributed by atoms with Gasteiger partial charge >= 0.3 is 0 Å². The van der Waals surface area contributed by atoms with E-state index >= 15 is 0 Å². The van der Waals surface area contributed by atoms with Gasteiger partial charge in [-0.25, -0.2) is 4.99 Å². The lowest BCUT2D eigenvalue weighted by Crippen LogP contribution is -2.50. The lowest BCUT2D eigenvalue weighted by atomic mass is 9.76. The summed E-state index contributed by atoms with van der Waals surface area (Å²) in [6.45, 7) is 0.629. The third kappa shape index (κ3) is 2.58. The van der Waals surface area contributed by atoms with Gasteiger partial charge in [0.2, 0.25) is 0 Å². The van der Waals surface area contributed by atoms with Crippen molar-refractivity contribution in [3.63, 3.8) is 0 Å². The smallest absolute Gasteiger partial charge is 0.172 e. The van der Waals surface area contributed by atoms with Crippen LogP contribution in [0.1, 0.15) is 5.56 Å². The molecular formula is C16H18Cl2N4O. The first-order chi connectivity index (χ1) is 10.9. The first-order valence-electron chi connectivity index (χ1n) is 7.24. The number of rotatable bonds is 3. The average molecular weight is 353 g/mol. The van der Waals surface area contributed by atoms with Crippen LogP contribution in [0.25, 0.3) is 0 Å². The fourth-order valence-corrected chi connectivity index (χ4v) is 3.60. The zero-order valence-electron chi connectivity index (χ0n) is 12.6. The van der Waals surface area contributed by atoms with E-state index in [1.54, 1.807) is 24.3 Å². The minimum atomic E-state index is -1.60. The molecule has 1 aliphatic carbocycles. The van der Waals surface area contributed by atoms with E-state index in [1.165, 1.54) is 0 Å². The van der Waals surface area contributed by atoms with Crippen molar-refractivity contribution in [1.82, 2.24) is 5.32 Å². The standard InChI is InChI=1S/C16H18Cl2N4O/c1-21-7-8-4-10(18)6-12(14(8)19)16(23)11-5-9(17)2-3-13(11)22-15(16)20/h2-6,8,14,21,23H,7,19H2,1H3,(H2,20,22). The van der Waals surface area contributed by atoms with E-state index in [0.717, 1.165) is 0 Å². The Morgan fingerprint density at radius 1 is 1.39 bits per heavy atom. The van der Waals surface area contributed by atoms with Crippen LogP contribution >= 0.6 is 23.2 Å². The number of nitrogens with two attached hydrogens (primary N) is 2. The van der Waals surface area contributed by atoms with Crippen molar-refractivity contribution in [3.8, 4) is 0 Å². The summed E-state index contributed by atoms with van der Waals surface area (Å²) in [7, 11) is 1.83. The molecule has 2 aliphatic rings. The summed E-state index contributed by atoms with van der Waals surface area (Å²) in [6, 6.07) is 4.63. The van der Waals surface area contributed by atoms with E-state index in [1.807, 2.05) is 13.1 Å². The van der Waals surface area contributed by atoms with E-state index < -0.39 is 11.6 Å². The highest BCUT2D eigenvalue weighted by Crippen LogP contribution is 2.46. The molecule has 0 radical (unpaired) electrons. The number of hydrogen-bond acceptors (Lipinski definition) is 5. The predicted molar refractivity (Wildman–Crippen MR) is 94.0 cm³/mol. The molecule has 0 saturated heterocycles. The maximum atomic E-state index is 11.4. The minimum Gasteiger partial charge on any atom is -0.384 e. The number of benzene rings is 1. The molecule has 1 aromatic carbocycles. The number of fused-ring (bicyclic) bond motifs is 1. The molecule has 23 heavy (non-hydrogen) atoms. The maximum absolute atomic E-state index is 11.4. The maximum Gasteiger partial charge on any atom is 0.172 e. The monoisotopic (exact) mass is 352 g/mol. The van der Waals surface area contributed by atoms with Gasteiger partial charge < -0.3 is 21.9 Å². The number of hydrogen-bond donors (Lipinski definition) is 4. The number of nitrogens with one attached hydrogen (secondary N) is 1. The van der Waals surface area contributed by atoms with Gasteiger partial charge in [0.05, 0.1) is 5.69 Å². The van der Waals surface area contributed by atoms with E-state index in [0.29, 0.717) is 33.4 Å². The van der Waals surface area contributed by atoms with E-state index in [4.69, 9.17) is 34.7 Å². The van der Waals surface area contributed by atoms with Crippen molar-refractivity contribution in [2.24, 2.45) is 22.4 Å². The Hall–Kier alpha value is -1.37. The normalized spacial score (nSPS) is 29.7. The highest BCUT2D eigenvalue weighted by atomic mass is 35.5. The first-order valence-corrected chi connectivity index (χ1v) is 8.00. The van der Waals surface area contributed by atoms with Crippen LogP contribution in [0.2, 0.25) is 5.02 Å². The fourth-order valence-electron chi connectivity index (χ4n) is 3.15. The van der Waals surface area contributed by atoms with E-state index in [-0.39, 0.29) is 11.8 Å². The van der Waals surface area contributed by atoms with E-state index in [2.05, 4.69) is 10.3 Å². The summed E-state index contributed by atoms with van der Waals surface area (Å²) in [4.78, 5) is 4.26. The molecule has 1 heterocycles. The molecule has 5 nitrogen and oxygen atoms in total. The fraction of sp³-hybridized carbons (Fsp3) is 0.312. The summed E-state index contributed by atoms with van der Waals surface area (Å²) in [5, 5.41) is 15.4. The van der Waals surface area contributed by atoms with Gasteiger partial charge in [0.15, 0.2) is 5.60 Å². The minimum absolute atomic E-state index is 0.0624. The van der Waals surface area contributed by atoms with Gasteiger partial charge in [0.25, 0.3) is 0 Å². The van der Waals surface area contributed by atoms with Gasteiger partial charge in [-0.1, -0.05) is 29.3 Å². The van der Waals surface area contributed by atoms with Gasteiger partial charge in [-0.3, -0.25) is 0 Å². The zero-order chi connectivity index (χ0) is 16.8. The second-order valence-electron chi connectivity index (χ2n) is 5.77. The van der Waals surface area contributed by atoms with Crippen molar-refractivity contribution in [2.45, 2.75) is 11.6 Å². The third-order valence-corrected chi connectivity index (χ3v) is 4.77. The summed E-state index contributed by atoms with van der Waals surface area (Å²) in [6.07, 6.45) is 3.54. The lowest BCUT2D eigenvalue weighted by Gasteiger charge is -2.36. The van der Waals surface area contributed by atoms with Crippen LogP contribution in [0, 0.1) is 5.92 Å². The highest BCUT2D eigenvalue weighted by molar-refractivity contribution is 6.31. The Bertz CT molecular complexity index is 744. The molecule has 0 spiro atoms. The topological polar surface area (TPSA) is 96.7 Å². The Balaban J connectivity index is 2.12. The summed E-state index contributed by atoms with van der Waals surface area (Å²) in [5.74, 6) is 0.0126. The molecule has 1 aliphatic heterocycles. The van der Waals surface area contributed by atoms with Crippen LogP contribution in [-0.2, 0) is 5.60 Å². The van der Waals surface area contributed by atoms with Gasteiger partial charge in [-0.05, 0) is 36.9 Å². The van der Waals surface area contributed by atoms with Crippen LogP contribution in [-0.4, -0.2) is 30.6 Å². The quantitative estimate of drug-likeness (QED) is 0.666. The number of halogens is 2. The van der Waals surface area contributed by atoms with Crippen LogP contribution in [0.4, 0.5) is 5.69 Å². The van der Waals surface area contributed by atoms with Crippen molar-refractivity contribution in [3.05, 3.63) is 51.5 Å². The summed E-state index contributed by atoms with van der Waals surface area (Å²) < 4.78 is 0. The second kappa shape index (κ2) is 5.92. The summed E-state index contributed by atoms with van der Waals surface area (Å²) in [5.41, 5.74) is 12.5. The zero-order valence-corrected chi connectivity index (χ0v) is 14.1. The molecule has 0 fully saturated rings. The number of nitrogens with zero attached hydrogens (tertiary/aromatic N) is 1. The molecule has 3 unspecified atom stereocenters. The van der Waals surface area contributed by atoms with Crippen molar-refractivity contribution in [1.29, 1.82) is 0 Å². The largest absolute Gasteiger partial charge is 0.384 e. The lowest BCUT2D eigenvalue weighted by molar-refractivity contribution is 0.142. The number of aliphatic imine (C=N–C) groups is 1. The summed E-state index contributed by atoms with van der Waals surface area (Å²) >= 11 is 12.3. The van der Waals surface area contributed by atoms with Gasteiger partial charge in [-0.2, -0.15) is 0 Å².